The molecule has 1 unspecified atom stereocenters. The Morgan fingerprint density at radius 2 is 2.25 bits per heavy atom. The molecule has 0 aromatic rings. The lowest BCUT2D eigenvalue weighted by molar-refractivity contribution is 0.176. The first-order valence-corrected chi connectivity index (χ1v) is 5.99. The van der Waals surface area contributed by atoms with Crippen LogP contribution in [0.3, 0.4) is 0 Å². The molecule has 94 valence electrons. The molecule has 1 aliphatic heterocycles. The van der Waals surface area contributed by atoms with Gasteiger partial charge in [0.05, 0.1) is 0 Å². The zero-order chi connectivity index (χ0) is 12.2. The molecule has 1 aliphatic rings. The molecule has 1 saturated heterocycles. The van der Waals surface area contributed by atoms with Gasteiger partial charge in [-0.15, -0.1) is 0 Å². The largest absolute Gasteiger partial charge is 0.385 e. The van der Waals surface area contributed by atoms with E-state index in [-0.39, 0.29) is 17.5 Å². The van der Waals surface area contributed by atoms with E-state index >= 15 is 0 Å². The van der Waals surface area contributed by atoms with E-state index in [0.717, 1.165) is 25.9 Å². The summed E-state index contributed by atoms with van der Waals surface area (Å²) in [6, 6.07) is 0.241. The average Bonchev–Trinajstić information content (AvgIpc) is 2.56. The number of nitrogens with zero attached hydrogens (tertiary/aromatic N) is 1. The molecule has 1 N–H and O–H groups in total. The van der Waals surface area contributed by atoms with Crippen LogP contribution in [0.25, 0.3) is 0 Å². The van der Waals surface area contributed by atoms with Crippen LogP contribution in [0, 0.1) is 5.41 Å². The number of hydrogen-bond donors (Lipinski definition) is 1. The summed E-state index contributed by atoms with van der Waals surface area (Å²) in [5.41, 5.74) is 0.271. The van der Waals surface area contributed by atoms with Crippen LogP contribution in [-0.4, -0.2) is 43.8 Å². The monoisotopic (exact) mass is 228 g/mol. The first kappa shape index (κ1) is 13.3. The molecule has 1 atom stereocenters. The number of methoxy groups -OCH3 is 1. The second-order valence-electron chi connectivity index (χ2n) is 5.47. The number of ether oxygens (including phenoxy) is 1. The molecule has 0 aromatic carbocycles. The van der Waals surface area contributed by atoms with E-state index in [1.807, 2.05) is 11.8 Å². The molecule has 0 radical (unpaired) electrons. The number of carbonyl (C=O) groups is 1. The maximum Gasteiger partial charge on any atom is 0.317 e. The van der Waals surface area contributed by atoms with Crippen LogP contribution in [0.4, 0.5) is 4.79 Å². The summed E-state index contributed by atoms with van der Waals surface area (Å²) in [4.78, 5) is 13.8. The van der Waals surface area contributed by atoms with Crippen molar-refractivity contribution in [2.45, 2.75) is 39.7 Å². The minimum atomic E-state index is 0.0641. The van der Waals surface area contributed by atoms with E-state index in [1.54, 1.807) is 7.11 Å². The maximum atomic E-state index is 11.9. The number of nitrogens with one attached hydrogen (secondary N) is 1. The molecule has 0 spiro atoms. The fraction of sp³-hybridized carbons (Fsp3) is 0.917. The van der Waals surface area contributed by atoms with Crippen molar-refractivity contribution in [3.63, 3.8) is 0 Å². The third kappa shape index (κ3) is 4.00. The number of urea groups is 1. The lowest BCUT2D eigenvalue weighted by atomic mass is 9.93. The van der Waals surface area contributed by atoms with E-state index in [4.69, 9.17) is 4.74 Å². The van der Waals surface area contributed by atoms with Crippen molar-refractivity contribution in [2.24, 2.45) is 5.41 Å². The van der Waals surface area contributed by atoms with Crippen molar-refractivity contribution < 1.29 is 9.53 Å². The van der Waals surface area contributed by atoms with Crippen molar-refractivity contribution in [2.75, 3.05) is 26.8 Å². The zero-order valence-corrected chi connectivity index (χ0v) is 10.9. The normalized spacial score (nSPS) is 20.9. The SMILES string of the molecule is COCCC(C)NC(=O)N1CCC(C)(C)C1. The summed E-state index contributed by atoms with van der Waals surface area (Å²) in [6.45, 7) is 8.83. The molecule has 0 saturated carbocycles. The Morgan fingerprint density at radius 1 is 1.56 bits per heavy atom. The first-order valence-electron chi connectivity index (χ1n) is 5.99. The van der Waals surface area contributed by atoms with Crippen molar-refractivity contribution in [1.82, 2.24) is 10.2 Å². The van der Waals surface area contributed by atoms with Gasteiger partial charge < -0.3 is 15.0 Å². The summed E-state index contributed by atoms with van der Waals surface area (Å²) in [5, 5.41) is 3.00. The third-order valence-corrected chi connectivity index (χ3v) is 3.09. The number of likely N-dealkylation sites (tertiary alicyclic amines) is 1. The molecule has 1 fully saturated rings. The van der Waals surface area contributed by atoms with Gasteiger partial charge in [-0.05, 0) is 25.2 Å². The van der Waals surface area contributed by atoms with E-state index in [0.29, 0.717) is 6.61 Å². The van der Waals surface area contributed by atoms with E-state index in [2.05, 4.69) is 19.2 Å². The van der Waals surface area contributed by atoms with E-state index in [9.17, 15) is 4.79 Å². The predicted molar refractivity (Wildman–Crippen MR) is 64.5 cm³/mol. The maximum absolute atomic E-state index is 11.9. The van der Waals surface area contributed by atoms with Gasteiger partial charge >= 0.3 is 6.03 Å². The van der Waals surface area contributed by atoms with Crippen LogP contribution in [0.5, 0.6) is 0 Å². The smallest absolute Gasteiger partial charge is 0.317 e. The summed E-state index contributed by atoms with van der Waals surface area (Å²) >= 11 is 0. The topological polar surface area (TPSA) is 41.6 Å². The van der Waals surface area contributed by atoms with Gasteiger partial charge in [0.1, 0.15) is 0 Å². The van der Waals surface area contributed by atoms with Crippen LogP contribution >= 0.6 is 0 Å². The van der Waals surface area contributed by atoms with Gasteiger partial charge in [-0.2, -0.15) is 0 Å². The lowest BCUT2D eigenvalue weighted by Crippen LogP contribution is -2.43. The third-order valence-electron chi connectivity index (χ3n) is 3.09. The first-order chi connectivity index (χ1) is 7.44. The summed E-state index contributed by atoms with van der Waals surface area (Å²) in [6.07, 6.45) is 1.95. The van der Waals surface area contributed by atoms with Gasteiger partial charge in [0, 0.05) is 32.8 Å². The summed E-state index contributed by atoms with van der Waals surface area (Å²) in [5.74, 6) is 0. The van der Waals surface area contributed by atoms with Crippen molar-refractivity contribution in [3.05, 3.63) is 0 Å². The van der Waals surface area contributed by atoms with Gasteiger partial charge in [0.15, 0.2) is 0 Å². The Morgan fingerprint density at radius 3 is 2.75 bits per heavy atom. The molecule has 1 rings (SSSR count). The van der Waals surface area contributed by atoms with E-state index < -0.39 is 0 Å². The highest BCUT2D eigenvalue weighted by atomic mass is 16.5. The Hall–Kier alpha value is -0.770. The highest BCUT2D eigenvalue weighted by Gasteiger charge is 2.32. The van der Waals surface area contributed by atoms with Crippen LogP contribution in [0.15, 0.2) is 0 Å². The predicted octanol–water partition coefficient (Wildman–Crippen LogP) is 1.85. The fourth-order valence-corrected chi connectivity index (χ4v) is 1.95. The average molecular weight is 228 g/mol. The van der Waals surface area contributed by atoms with Crippen LogP contribution in [0.1, 0.15) is 33.6 Å². The summed E-state index contributed by atoms with van der Waals surface area (Å²) in [7, 11) is 1.68. The number of amides is 2. The lowest BCUT2D eigenvalue weighted by Gasteiger charge is -2.22. The minimum Gasteiger partial charge on any atom is -0.385 e. The Labute approximate surface area is 98.3 Å². The quantitative estimate of drug-likeness (QED) is 0.798. The van der Waals surface area contributed by atoms with Crippen molar-refractivity contribution in [3.8, 4) is 0 Å². The standard InChI is InChI=1S/C12H24N2O2/c1-10(5-8-16-4)13-11(15)14-7-6-12(2,3)9-14/h10H,5-9H2,1-4H3,(H,13,15). The molecular weight excluding hydrogens is 204 g/mol. The Bertz CT molecular complexity index is 241. The molecule has 0 aromatic heterocycles. The van der Waals surface area contributed by atoms with Crippen molar-refractivity contribution in [1.29, 1.82) is 0 Å². The number of rotatable bonds is 4. The number of hydrogen-bond acceptors (Lipinski definition) is 2. The molecule has 4 nitrogen and oxygen atoms in total. The molecule has 0 aliphatic carbocycles. The molecular formula is C12H24N2O2. The van der Waals surface area contributed by atoms with Gasteiger partial charge in [0.25, 0.3) is 0 Å². The molecule has 1 heterocycles. The highest BCUT2D eigenvalue weighted by molar-refractivity contribution is 5.74. The van der Waals surface area contributed by atoms with Crippen molar-refractivity contribution >= 4 is 6.03 Å². The van der Waals surface area contributed by atoms with Crippen LogP contribution in [-0.2, 0) is 4.74 Å². The Balaban J connectivity index is 2.30. The molecule has 4 heteroatoms. The second kappa shape index (κ2) is 5.53. The molecule has 16 heavy (non-hydrogen) atoms. The highest BCUT2D eigenvalue weighted by Crippen LogP contribution is 2.28. The van der Waals surface area contributed by atoms with Gasteiger partial charge in [0.2, 0.25) is 0 Å². The van der Waals surface area contributed by atoms with Gasteiger partial charge in [-0.3, -0.25) is 0 Å². The molecule has 2 amide bonds. The van der Waals surface area contributed by atoms with E-state index in [1.165, 1.54) is 0 Å². The van der Waals surface area contributed by atoms with Gasteiger partial charge in [-0.1, -0.05) is 13.8 Å². The number of carbonyl (C=O) groups excluding carboxylic acids is 1. The molecule has 0 bridgehead atoms. The minimum absolute atomic E-state index is 0.0641. The van der Waals surface area contributed by atoms with Gasteiger partial charge in [-0.25, -0.2) is 4.79 Å². The fourth-order valence-electron chi connectivity index (χ4n) is 1.95. The van der Waals surface area contributed by atoms with Crippen LogP contribution < -0.4 is 5.32 Å². The second-order valence-corrected chi connectivity index (χ2v) is 5.47. The Kier molecular flexibility index (Phi) is 4.59. The summed E-state index contributed by atoms with van der Waals surface area (Å²) < 4.78 is 4.99. The van der Waals surface area contributed by atoms with Crippen LogP contribution in [0.2, 0.25) is 0 Å². The zero-order valence-electron chi connectivity index (χ0n) is 10.9.